The summed E-state index contributed by atoms with van der Waals surface area (Å²) in [6.45, 7) is 1.99. The predicted octanol–water partition coefficient (Wildman–Crippen LogP) is 3.11. The summed E-state index contributed by atoms with van der Waals surface area (Å²) in [5, 5.41) is 0. The number of halogens is 1. The number of aryl methyl sites for hydroxylation is 1. The summed E-state index contributed by atoms with van der Waals surface area (Å²) in [7, 11) is -3.60. The van der Waals surface area contributed by atoms with E-state index < -0.39 is 15.8 Å². The number of benzene rings is 2. The van der Waals surface area contributed by atoms with Crippen molar-refractivity contribution in [2.75, 3.05) is 6.54 Å². The van der Waals surface area contributed by atoms with E-state index in [-0.39, 0.29) is 17.0 Å². The molecule has 1 N–H and O–H groups in total. The van der Waals surface area contributed by atoms with Crippen LogP contribution in [-0.2, 0) is 16.4 Å². The van der Waals surface area contributed by atoms with Gasteiger partial charge >= 0.3 is 0 Å². The monoisotopic (exact) mass is 331 g/mol. The molecule has 3 nitrogen and oxygen atoms in total. The first-order valence-electron chi connectivity index (χ1n) is 7.35. The van der Waals surface area contributed by atoms with E-state index in [1.54, 1.807) is 30.3 Å². The van der Waals surface area contributed by atoms with Gasteiger partial charge in [-0.05, 0) is 36.2 Å². The first-order valence-corrected chi connectivity index (χ1v) is 8.83. The molecule has 0 fully saturated rings. The van der Waals surface area contributed by atoms with Crippen molar-refractivity contribution in [2.24, 2.45) is 0 Å². The van der Waals surface area contributed by atoms with Crippen LogP contribution in [0.1, 0.15) is 24.5 Å². The topological polar surface area (TPSA) is 46.2 Å². The SMILES string of the molecule is CCCc1ccc(S(=O)(=O)NCC#Cc2ccccc2F)cc1. The van der Waals surface area contributed by atoms with Crippen LogP contribution in [-0.4, -0.2) is 15.0 Å². The zero-order valence-electron chi connectivity index (χ0n) is 12.8. The van der Waals surface area contributed by atoms with Gasteiger partial charge in [-0.2, -0.15) is 4.72 Å². The van der Waals surface area contributed by atoms with Crippen molar-refractivity contribution in [1.82, 2.24) is 4.72 Å². The van der Waals surface area contributed by atoms with E-state index in [1.165, 1.54) is 6.07 Å². The third-order valence-electron chi connectivity index (χ3n) is 3.22. The lowest BCUT2D eigenvalue weighted by atomic mass is 10.1. The predicted molar refractivity (Wildman–Crippen MR) is 88.9 cm³/mol. The molecular weight excluding hydrogens is 313 g/mol. The summed E-state index contributed by atoms with van der Waals surface area (Å²) in [5.41, 5.74) is 1.35. The number of sulfonamides is 1. The molecule has 120 valence electrons. The summed E-state index contributed by atoms with van der Waals surface area (Å²) >= 11 is 0. The van der Waals surface area contributed by atoms with Crippen LogP contribution in [0.2, 0.25) is 0 Å². The van der Waals surface area contributed by atoms with Crippen LogP contribution < -0.4 is 4.72 Å². The quantitative estimate of drug-likeness (QED) is 0.856. The number of rotatable bonds is 5. The molecule has 0 bridgehead atoms. The van der Waals surface area contributed by atoms with Gasteiger partial charge in [0.15, 0.2) is 0 Å². The fraction of sp³-hybridized carbons (Fsp3) is 0.222. The second-order valence-corrected chi connectivity index (χ2v) is 6.77. The van der Waals surface area contributed by atoms with Crippen molar-refractivity contribution < 1.29 is 12.8 Å². The molecule has 0 aliphatic carbocycles. The van der Waals surface area contributed by atoms with Gasteiger partial charge in [0, 0.05) is 0 Å². The maximum Gasteiger partial charge on any atom is 0.241 e. The smallest absolute Gasteiger partial charge is 0.207 e. The Morgan fingerprint density at radius 1 is 1.09 bits per heavy atom. The minimum atomic E-state index is -3.60. The van der Waals surface area contributed by atoms with Gasteiger partial charge in [-0.1, -0.05) is 49.5 Å². The van der Waals surface area contributed by atoms with E-state index in [4.69, 9.17) is 0 Å². The lowest BCUT2D eigenvalue weighted by molar-refractivity contribution is 0.586. The van der Waals surface area contributed by atoms with Crippen LogP contribution in [0.4, 0.5) is 4.39 Å². The molecule has 0 aliphatic heterocycles. The Balaban J connectivity index is 2.01. The standard InChI is InChI=1S/C18H18FNO2S/c1-2-6-15-10-12-17(13-11-15)23(21,22)20-14-5-8-16-7-3-4-9-18(16)19/h3-4,7,9-13,20H,2,6,14H2,1H3. The van der Waals surface area contributed by atoms with Crippen LogP contribution >= 0.6 is 0 Å². The average Bonchev–Trinajstić information content (AvgIpc) is 2.54. The van der Waals surface area contributed by atoms with Gasteiger partial charge in [-0.15, -0.1) is 0 Å². The Morgan fingerprint density at radius 2 is 1.78 bits per heavy atom. The number of nitrogens with one attached hydrogen (secondary N) is 1. The van der Waals surface area contributed by atoms with Gasteiger partial charge in [-0.3, -0.25) is 0 Å². The molecule has 0 aliphatic rings. The summed E-state index contributed by atoms with van der Waals surface area (Å²) in [5.74, 6) is 4.81. The first kappa shape index (κ1) is 17.2. The molecule has 0 saturated carbocycles. The van der Waals surface area contributed by atoms with Gasteiger partial charge in [0.25, 0.3) is 0 Å². The van der Waals surface area contributed by atoms with Gasteiger partial charge in [-0.25, -0.2) is 12.8 Å². The molecule has 5 heteroatoms. The fourth-order valence-corrected chi connectivity index (χ4v) is 2.96. The third-order valence-corrected chi connectivity index (χ3v) is 4.64. The highest BCUT2D eigenvalue weighted by molar-refractivity contribution is 7.89. The molecular formula is C18H18FNO2S. The van der Waals surface area contributed by atoms with Crippen molar-refractivity contribution >= 4 is 10.0 Å². The Bertz CT molecular complexity index is 818. The van der Waals surface area contributed by atoms with Crippen molar-refractivity contribution in [1.29, 1.82) is 0 Å². The summed E-state index contributed by atoms with van der Waals surface area (Å²) in [6.07, 6.45) is 1.93. The summed E-state index contributed by atoms with van der Waals surface area (Å²) in [6, 6.07) is 12.9. The lowest BCUT2D eigenvalue weighted by Crippen LogP contribution is -2.24. The molecule has 0 unspecified atom stereocenters. The summed E-state index contributed by atoms with van der Waals surface area (Å²) in [4.78, 5) is 0.199. The summed E-state index contributed by atoms with van der Waals surface area (Å²) < 4.78 is 40.0. The number of hydrogen-bond acceptors (Lipinski definition) is 2. The molecule has 0 saturated heterocycles. The van der Waals surface area contributed by atoms with E-state index in [0.717, 1.165) is 18.4 Å². The molecule has 2 aromatic carbocycles. The third kappa shape index (κ3) is 4.92. The highest BCUT2D eigenvalue weighted by Crippen LogP contribution is 2.11. The molecule has 0 spiro atoms. The molecule has 0 amide bonds. The molecule has 0 radical (unpaired) electrons. The van der Waals surface area contributed by atoms with Crippen molar-refractivity contribution in [2.45, 2.75) is 24.7 Å². The van der Waals surface area contributed by atoms with Crippen LogP contribution in [0, 0.1) is 17.7 Å². The molecule has 0 atom stereocenters. The van der Waals surface area contributed by atoms with Crippen molar-refractivity contribution in [3.63, 3.8) is 0 Å². The van der Waals surface area contributed by atoms with E-state index in [1.807, 2.05) is 12.1 Å². The van der Waals surface area contributed by atoms with Crippen LogP contribution in [0.3, 0.4) is 0 Å². The maximum absolute atomic E-state index is 13.4. The van der Waals surface area contributed by atoms with E-state index in [9.17, 15) is 12.8 Å². The van der Waals surface area contributed by atoms with Crippen LogP contribution in [0.15, 0.2) is 53.4 Å². The molecule has 23 heavy (non-hydrogen) atoms. The Hall–Kier alpha value is -2.16. The second kappa shape index (κ2) is 7.91. The molecule has 0 aromatic heterocycles. The van der Waals surface area contributed by atoms with Gasteiger partial charge in [0.1, 0.15) is 5.82 Å². The lowest BCUT2D eigenvalue weighted by Gasteiger charge is -2.05. The zero-order chi connectivity index (χ0) is 16.7. The average molecular weight is 331 g/mol. The first-order chi connectivity index (χ1) is 11.0. The number of hydrogen-bond donors (Lipinski definition) is 1. The normalized spacial score (nSPS) is 10.9. The second-order valence-electron chi connectivity index (χ2n) is 5.00. The van der Waals surface area contributed by atoms with E-state index in [2.05, 4.69) is 23.5 Å². The minimum Gasteiger partial charge on any atom is -0.207 e. The van der Waals surface area contributed by atoms with Gasteiger partial charge in [0.2, 0.25) is 10.0 Å². The maximum atomic E-state index is 13.4. The largest absolute Gasteiger partial charge is 0.241 e. The van der Waals surface area contributed by atoms with Gasteiger partial charge < -0.3 is 0 Å². The Morgan fingerprint density at radius 3 is 2.43 bits per heavy atom. The van der Waals surface area contributed by atoms with Crippen molar-refractivity contribution in [3.8, 4) is 11.8 Å². The van der Waals surface area contributed by atoms with Gasteiger partial charge in [0.05, 0.1) is 17.0 Å². The fourth-order valence-electron chi connectivity index (χ4n) is 2.04. The minimum absolute atomic E-state index is 0.0760. The molecule has 2 rings (SSSR count). The highest BCUT2D eigenvalue weighted by atomic mass is 32.2. The Kier molecular flexibility index (Phi) is 5.91. The molecule has 0 heterocycles. The van der Waals surface area contributed by atoms with E-state index in [0.29, 0.717) is 0 Å². The van der Waals surface area contributed by atoms with Crippen LogP contribution in [0.25, 0.3) is 0 Å². The van der Waals surface area contributed by atoms with E-state index >= 15 is 0 Å². The van der Waals surface area contributed by atoms with Crippen LogP contribution in [0.5, 0.6) is 0 Å². The zero-order valence-corrected chi connectivity index (χ0v) is 13.7. The highest BCUT2D eigenvalue weighted by Gasteiger charge is 2.12. The molecule has 2 aromatic rings. The van der Waals surface area contributed by atoms with Crippen molar-refractivity contribution in [3.05, 3.63) is 65.5 Å². The Labute approximate surface area is 136 Å².